The summed E-state index contributed by atoms with van der Waals surface area (Å²) in [5.41, 5.74) is 2.03. The van der Waals surface area contributed by atoms with Crippen LogP contribution in [0.25, 0.3) is 0 Å². The van der Waals surface area contributed by atoms with Crippen LogP contribution in [0.4, 0.5) is 5.69 Å². The Kier molecular flexibility index (Phi) is 6.32. The zero-order chi connectivity index (χ0) is 17.3. The highest BCUT2D eigenvalue weighted by Crippen LogP contribution is 2.19. The lowest BCUT2D eigenvalue weighted by atomic mass is 9.95. The molecule has 0 aliphatic heterocycles. The smallest absolute Gasteiger partial charge is 0.239 e. The Morgan fingerprint density at radius 3 is 2.60 bits per heavy atom. The number of amides is 1. The number of carbonyl (C=O) groups excluding carboxylic acids is 1. The van der Waals surface area contributed by atoms with Crippen molar-refractivity contribution >= 4 is 11.6 Å². The van der Waals surface area contributed by atoms with Gasteiger partial charge in [-0.2, -0.15) is 0 Å². The fourth-order valence-electron chi connectivity index (χ4n) is 3.14. The summed E-state index contributed by atoms with van der Waals surface area (Å²) < 4.78 is 5.82. The average molecular weight is 338 g/mol. The van der Waals surface area contributed by atoms with Crippen molar-refractivity contribution in [3.63, 3.8) is 0 Å². The van der Waals surface area contributed by atoms with E-state index in [1.165, 1.54) is 19.3 Å². The van der Waals surface area contributed by atoms with Crippen LogP contribution >= 0.6 is 0 Å². The highest BCUT2D eigenvalue weighted by atomic mass is 16.5. The van der Waals surface area contributed by atoms with Crippen LogP contribution in [-0.4, -0.2) is 18.5 Å². The molecule has 0 saturated heterocycles. The van der Waals surface area contributed by atoms with E-state index in [0.717, 1.165) is 29.8 Å². The topological polar surface area (TPSA) is 50.4 Å². The normalized spacial score (nSPS) is 14.7. The molecule has 0 heterocycles. The molecule has 0 spiro atoms. The summed E-state index contributed by atoms with van der Waals surface area (Å²) >= 11 is 0. The van der Waals surface area contributed by atoms with Gasteiger partial charge in [0.25, 0.3) is 0 Å². The molecule has 4 nitrogen and oxygen atoms in total. The summed E-state index contributed by atoms with van der Waals surface area (Å²) in [4.78, 5) is 12.1. The van der Waals surface area contributed by atoms with Crippen molar-refractivity contribution in [1.82, 2.24) is 5.32 Å². The number of nitrogens with one attached hydrogen (secondary N) is 2. The molecule has 1 aliphatic rings. The van der Waals surface area contributed by atoms with Crippen molar-refractivity contribution in [1.29, 1.82) is 0 Å². The summed E-state index contributed by atoms with van der Waals surface area (Å²) in [6.45, 7) is 0.825. The van der Waals surface area contributed by atoms with E-state index >= 15 is 0 Å². The fourth-order valence-corrected chi connectivity index (χ4v) is 3.14. The summed E-state index contributed by atoms with van der Waals surface area (Å²) in [5, 5.41) is 6.30. The first-order valence-corrected chi connectivity index (χ1v) is 9.09. The summed E-state index contributed by atoms with van der Waals surface area (Å²) in [7, 11) is 0. The Bertz CT molecular complexity index is 667. The Balaban J connectivity index is 1.45. The van der Waals surface area contributed by atoms with E-state index in [0.29, 0.717) is 19.2 Å². The SMILES string of the molecule is O=C(CNc1cccc(OCc2ccccc2)c1)NC1CCCCC1. The van der Waals surface area contributed by atoms with Gasteiger partial charge in [0.05, 0.1) is 6.54 Å². The molecular formula is C21H26N2O2. The predicted octanol–water partition coefficient (Wildman–Crippen LogP) is 4.13. The number of rotatable bonds is 7. The first kappa shape index (κ1) is 17.3. The molecule has 2 aromatic rings. The number of hydrogen-bond donors (Lipinski definition) is 2. The van der Waals surface area contributed by atoms with Crippen LogP contribution in [0.15, 0.2) is 54.6 Å². The second kappa shape index (κ2) is 9.11. The van der Waals surface area contributed by atoms with Crippen LogP contribution in [-0.2, 0) is 11.4 Å². The number of hydrogen-bond acceptors (Lipinski definition) is 3. The van der Waals surface area contributed by atoms with Crippen LogP contribution in [0.1, 0.15) is 37.7 Å². The van der Waals surface area contributed by atoms with Crippen molar-refractivity contribution < 1.29 is 9.53 Å². The summed E-state index contributed by atoms with van der Waals surface area (Å²) in [6.07, 6.45) is 5.95. The van der Waals surface area contributed by atoms with Crippen LogP contribution < -0.4 is 15.4 Å². The van der Waals surface area contributed by atoms with E-state index in [2.05, 4.69) is 10.6 Å². The summed E-state index contributed by atoms with van der Waals surface area (Å²) in [5.74, 6) is 0.851. The first-order valence-electron chi connectivity index (χ1n) is 9.09. The van der Waals surface area contributed by atoms with E-state index < -0.39 is 0 Å². The monoisotopic (exact) mass is 338 g/mol. The highest BCUT2D eigenvalue weighted by molar-refractivity contribution is 5.81. The quantitative estimate of drug-likeness (QED) is 0.798. The van der Waals surface area contributed by atoms with Crippen LogP contribution in [0.2, 0.25) is 0 Å². The third-order valence-corrected chi connectivity index (χ3v) is 4.51. The zero-order valence-electron chi connectivity index (χ0n) is 14.5. The van der Waals surface area contributed by atoms with Crippen molar-refractivity contribution in [2.75, 3.05) is 11.9 Å². The Morgan fingerprint density at radius 1 is 1.00 bits per heavy atom. The molecule has 132 valence electrons. The number of benzene rings is 2. The van der Waals surface area contributed by atoms with Gasteiger partial charge in [-0.1, -0.05) is 55.7 Å². The molecule has 2 aromatic carbocycles. The molecule has 1 aliphatic carbocycles. The molecule has 0 radical (unpaired) electrons. The first-order chi connectivity index (χ1) is 12.3. The van der Waals surface area contributed by atoms with Gasteiger partial charge in [-0.25, -0.2) is 0 Å². The zero-order valence-corrected chi connectivity index (χ0v) is 14.5. The highest BCUT2D eigenvalue weighted by Gasteiger charge is 2.15. The van der Waals surface area contributed by atoms with Crippen LogP contribution in [0.3, 0.4) is 0 Å². The Morgan fingerprint density at radius 2 is 1.80 bits per heavy atom. The maximum absolute atomic E-state index is 12.1. The molecule has 3 rings (SSSR count). The lowest BCUT2D eigenvalue weighted by molar-refractivity contribution is -0.120. The maximum Gasteiger partial charge on any atom is 0.239 e. The van der Waals surface area contributed by atoms with Gasteiger partial charge in [0, 0.05) is 17.8 Å². The van der Waals surface area contributed by atoms with Gasteiger partial charge in [0.1, 0.15) is 12.4 Å². The van der Waals surface area contributed by atoms with Gasteiger partial charge in [0.15, 0.2) is 0 Å². The van der Waals surface area contributed by atoms with Crippen LogP contribution in [0, 0.1) is 0 Å². The fraction of sp³-hybridized carbons (Fsp3) is 0.381. The number of anilines is 1. The average Bonchev–Trinajstić information content (AvgIpc) is 2.67. The van der Waals surface area contributed by atoms with Crippen LogP contribution in [0.5, 0.6) is 5.75 Å². The van der Waals surface area contributed by atoms with E-state index in [1.807, 2.05) is 54.6 Å². The number of carbonyl (C=O) groups is 1. The van der Waals surface area contributed by atoms with Gasteiger partial charge in [-0.05, 0) is 30.5 Å². The molecule has 0 atom stereocenters. The van der Waals surface area contributed by atoms with Gasteiger partial charge in [-0.15, -0.1) is 0 Å². The van der Waals surface area contributed by atoms with E-state index in [1.54, 1.807) is 0 Å². The molecular weight excluding hydrogens is 312 g/mol. The lowest BCUT2D eigenvalue weighted by Gasteiger charge is -2.22. The third kappa shape index (κ3) is 5.82. The third-order valence-electron chi connectivity index (χ3n) is 4.51. The van der Waals surface area contributed by atoms with Gasteiger partial charge < -0.3 is 15.4 Å². The molecule has 1 fully saturated rings. The van der Waals surface area contributed by atoms with Gasteiger partial charge >= 0.3 is 0 Å². The van der Waals surface area contributed by atoms with Gasteiger partial charge in [-0.3, -0.25) is 4.79 Å². The molecule has 0 aromatic heterocycles. The van der Waals surface area contributed by atoms with Crippen molar-refractivity contribution in [3.8, 4) is 5.75 Å². The minimum atomic E-state index is 0.0579. The largest absolute Gasteiger partial charge is 0.489 e. The second-order valence-electron chi connectivity index (χ2n) is 6.56. The van der Waals surface area contributed by atoms with E-state index in [9.17, 15) is 4.79 Å². The Hall–Kier alpha value is -2.49. The van der Waals surface area contributed by atoms with E-state index in [-0.39, 0.29) is 5.91 Å². The minimum absolute atomic E-state index is 0.0579. The summed E-state index contributed by atoms with van der Waals surface area (Å²) in [6, 6.07) is 18.2. The van der Waals surface area contributed by atoms with Gasteiger partial charge in [0.2, 0.25) is 5.91 Å². The molecule has 4 heteroatoms. The van der Waals surface area contributed by atoms with E-state index in [4.69, 9.17) is 4.74 Å². The standard InChI is InChI=1S/C21H26N2O2/c24-21(23-18-10-5-2-6-11-18)15-22-19-12-7-13-20(14-19)25-16-17-8-3-1-4-9-17/h1,3-4,7-9,12-14,18,22H,2,5-6,10-11,15-16H2,(H,23,24). The molecule has 1 amide bonds. The van der Waals surface area contributed by atoms with Crippen molar-refractivity contribution in [2.24, 2.45) is 0 Å². The minimum Gasteiger partial charge on any atom is -0.489 e. The second-order valence-corrected chi connectivity index (χ2v) is 6.56. The number of ether oxygens (including phenoxy) is 1. The molecule has 0 unspecified atom stereocenters. The van der Waals surface area contributed by atoms with Crippen molar-refractivity contribution in [2.45, 2.75) is 44.8 Å². The Labute approximate surface area is 149 Å². The predicted molar refractivity (Wildman–Crippen MR) is 101 cm³/mol. The molecule has 1 saturated carbocycles. The van der Waals surface area contributed by atoms with Crippen molar-refractivity contribution in [3.05, 3.63) is 60.2 Å². The molecule has 25 heavy (non-hydrogen) atoms. The molecule has 2 N–H and O–H groups in total. The maximum atomic E-state index is 12.1. The molecule has 0 bridgehead atoms. The lowest BCUT2D eigenvalue weighted by Crippen LogP contribution is -2.39.